The molecule has 1 unspecified atom stereocenters. The number of ether oxygens (including phenoxy) is 1. The fraction of sp³-hybridized carbons (Fsp3) is 0.733. The number of carbonyl (C=O) groups excluding carboxylic acids is 3. The Kier molecular flexibility index (Phi) is 10.3. The van der Waals surface area contributed by atoms with E-state index < -0.39 is 58.6 Å². The number of allylic oxidation sites excluding steroid dienone is 4. The molecule has 10 atom stereocenters. The largest absolute Gasteiger partial charge is 0.480 e. The molecule has 3 fully saturated rings. The first-order valence-corrected chi connectivity index (χ1v) is 15.0. The van der Waals surface area contributed by atoms with Crippen LogP contribution in [0.2, 0.25) is 0 Å². The highest BCUT2D eigenvalue weighted by Gasteiger charge is 2.73. The van der Waals surface area contributed by atoms with Crippen LogP contribution in [0, 0.1) is 34.5 Å². The van der Waals surface area contributed by atoms with Gasteiger partial charge in [0.25, 0.3) is 0 Å². The number of hydrogen-bond acceptors (Lipinski definition) is 8. The third-order valence-electron chi connectivity index (χ3n) is 9.94. The minimum atomic E-state index is -2.15. The molecule has 0 aromatic heterocycles. The topological polar surface area (TPSA) is 144 Å². The van der Waals surface area contributed by atoms with Gasteiger partial charge in [-0.15, -0.1) is 0 Å². The highest BCUT2D eigenvalue weighted by molar-refractivity contribution is 7.80. The average Bonchev–Trinajstić information content (AvgIpc) is 3.18. The number of aliphatic hydroxyl groups is 1. The molecule has 0 aliphatic heterocycles. The van der Waals surface area contributed by atoms with Gasteiger partial charge in [-0.25, -0.2) is 8.78 Å². The molecule has 230 valence electrons. The van der Waals surface area contributed by atoms with Gasteiger partial charge in [0.2, 0.25) is 0 Å². The van der Waals surface area contributed by atoms with Crippen molar-refractivity contribution in [3.05, 3.63) is 23.8 Å². The molecular formula is C30H43F2NO7S. The summed E-state index contributed by atoms with van der Waals surface area (Å²) in [5.74, 6) is -3.56. The van der Waals surface area contributed by atoms with E-state index in [0.717, 1.165) is 6.42 Å². The summed E-state index contributed by atoms with van der Waals surface area (Å²) in [6, 6.07) is -0.816. The lowest BCUT2D eigenvalue weighted by molar-refractivity contribution is -0.202. The van der Waals surface area contributed by atoms with Gasteiger partial charge in [-0.05, 0) is 67.6 Å². The molecule has 4 rings (SSSR count). The van der Waals surface area contributed by atoms with Gasteiger partial charge in [0.05, 0.1) is 6.10 Å². The number of aliphatic hydroxyl groups excluding tert-OH is 1. The first-order valence-electron chi connectivity index (χ1n) is 14.3. The molecule has 8 nitrogen and oxygen atoms in total. The van der Waals surface area contributed by atoms with E-state index in [1.165, 1.54) is 18.2 Å². The van der Waals surface area contributed by atoms with Crippen LogP contribution in [0.25, 0.3) is 0 Å². The van der Waals surface area contributed by atoms with Gasteiger partial charge in [0, 0.05) is 29.4 Å². The van der Waals surface area contributed by atoms with Crippen LogP contribution < -0.4 is 5.73 Å². The highest BCUT2D eigenvalue weighted by Crippen LogP contribution is 2.70. The summed E-state index contributed by atoms with van der Waals surface area (Å²) in [6.07, 6.45) is 3.20. The molecule has 0 aromatic carbocycles. The second kappa shape index (κ2) is 12.6. The molecule has 41 heavy (non-hydrogen) atoms. The fourth-order valence-corrected chi connectivity index (χ4v) is 8.13. The number of esters is 1. The normalized spacial score (nSPS) is 39.7. The van der Waals surface area contributed by atoms with E-state index in [-0.39, 0.29) is 60.6 Å². The Morgan fingerprint density at radius 1 is 1.24 bits per heavy atom. The minimum Gasteiger partial charge on any atom is -0.480 e. The summed E-state index contributed by atoms with van der Waals surface area (Å²) >= 11 is 3.65. The zero-order chi connectivity index (χ0) is 30.9. The zero-order valence-corrected chi connectivity index (χ0v) is 25.0. The predicted octanol–water partition coefficient (Wildman–Crippen LogP) is 3.80. The molecule has 0 aromatic rings. The smallest absolute Gasteiger partial charge is 0.321 e. The Morgan fingerprint density at radius 2 is 1.90 bits per heavy atom. The Balaban J connectivity index is 0.000000587. The van der Waals surface area contributed by atoms with Gasteiger partial charge in [-0.2, -0.15) is 12.6 Å². The number of hydrogen-bond donors (Lipinski definition) is 4. The van der Waals surface area contributed by atoms with Gasteiger partial charge in [-0.1, -0.05) is 33.3 Å². The first-order chi connectivity index (χ1) is 19.1. The number of thiol groups is 1. The molecule has 0 heterocycles. The highest BCUT2D eigenvalue weighted by atomic mass is 32.1. The second-order valence-electron chi connectivity index (χ2n) is 12.5. The summed E-state index contributed by atoms with van der Waals surface area (Å²) in [7, 11) is 0. The van der Waals surface area contributed by atoms with E-state index in [1.807, 2.05) is 20.8 Å². The van der Waals surface area contributed by atoms with Crippen molar-refractivity contribution < 1.29 is 42.9 Å². The number of carbonyl (C=O) groups is 4. The Morgan fingerprint density at radius 3 is 2.46 bits per heavy atom. The maximum Gasteiger partial charge on any atom is 0.321 e. The molecule has 0 spiro atoms. The van der Waals surface area contributed by atoms with E-state index in [1.54, 1.807) is 6.92 Å². The number of aliphatic carboxylic acids is 1. The molecule has 11 heteroatoms. The van der Waals surface area contributed by atoms with Crippen molar-refractivity contribution in [2.24, 2.45) is 40.2 Å². The lowest BCUT2D eigenvalue weighted by Gasteiger charge is -2.62. The second-order valence-corrected chi connectivity index (χ2v) is 12.9. The third kappa shape index (κ3) is 5.91. The van der Waals surface area contributed by atoms with Crippen molar-refractivity contribution in [1.29, 1.82) is 0 Å². The molecule has 0 bridgehead atoms. The number of carboxylic acid groups (broad SMARTS) is 1. The molecule has 3 saturated carbocycles. The zero-order valence-electron chi connectivity index (χ0n) is 24.1. The van der Waals surface area contributed by atoms with Crippen LogP contribution in [0.15, 0.2) is 23.8 Å². The van der Waals surface area contributed by atoms with Crippen molar-refractivity contribution in [3.63, 3.8) is 0 Å². The van der Waals surface area contributed by atoms with Gasteiger partial charge < -0.3 is 20.7 Å². The predicted molar refractivity (Wildman–Crippen MR) is 152 cm³/mol. The van der Waals surface area contributed by atoms with Gasteiger partial charge in [-0.3, -0.25) is 19.2 Å². The summed E-state index contributed by atoms with van der Waals surface area (Å²) in [5.41, 5.74) is 0.725. The number of Topliss-reactive ketones (excluding diaryl/α,β-unsaturated/α-hetero) is 1. The minimum absolute atomic E-state index is 0.0524. The van der Waals surface area contributed by atoms with E-state index >= 15 is 8.78 Å². The summed E-state index contributed by atoms with van der Waals surface area (Å²) in [4.78, 5) is 46.9. The van der Waals surface area contributed by atoms with Crippen LogP contribution >= 0.6 is 12.6 Å². The van der Waals surface area contributed by atoms with Crippen LogP contribution in [0.1, 0.15) is 66.2 Å². The first kappa shape index (κ1) is 33.4. The quantitative estimate of drug-likeness (QED) is 0.244. The molecule has 0 amide bonds. The summed E-state index contributed by atoms with van der Waals surface area (Å²) in [6.45, 7) is 7.03. The van der Waals surface area contributed by atoms with E-state index in [9.17, 15) is 24.3 Å². The van der Waals surface area contributed by atoms with Crippen molar-refractivity contribution in [3.8, 4) is 0 Å². The van der Waals surface area contributed by atoms with Crippen LogP contribution in [0.4, 0.5) is 8.78 Å². The molecular weight excluding hydrogens is 556 g/mol. The summed E-state index contributed by atoms with van der Waals surface area (Å²) < 4.78 is 37.7. The Labute approximate surface area is 245 Å². The summed E-state index contributed by atoms with van der Waals surface area (Å²) in [5, 5.41) is 19.3. The van der Waals surface area contributed by atoms with Crippen molar-refractivity contribution in [1.82, 2.24) is 0 Å². The van der Waals surface area contributed by atoms with Gasteiger partial charge in [0.15, 0.2) is 17.2 Å². The van der Waals surface area contributed by atoms with Crippen LogP contribution in [0.3, 0.4) is 0 Å². The van der Waals surface area contributed by atoms with Crippen molar-refractivity contribution in [2.75, 3.05) is 12.4 Å². The number of rotatable bonds is 8. The average molecular weight is 600 g/mol. The van der Waals surface area contributed by atoms with E-state index in [0.29, 0.717) is 12.8 Å². The Hall–Kier alpha value is -2.11. The molecule has 0 radical (unpaired) electrons. The van der Waals surface area contributed by atoms with Gasteiger partial charge in [0.1, 0.15) is 18.8 Å². The van der Waals surface area contributed by atoms with Crippen LogP contribution in [0.5, 0.6) is 0 Å². The van der Waals surface area contributed by atoms with E-state index in [2.05, 4.69) is 12.6 Å². The maximum atomic E-state index is 17.1. The molecule has 0 saturated heterocycles. The Bertz CT molecular complexity index is 1110. The maximum absolute atomic E-state index is 17.1. The van der Waals surface area contributed by atoms with Crippen LogP contribution in [-0.2, 0) is 23.9 Å². The van der Waals surface area contributed by atoms with E-state index in [4.69, 9.17) is 15.6 Å². The fourth-order valence-electron chi connectivity index (χ4n) is 7.97. The number of fused-ring (bicyclic) bond motifs is 5. The molecule has 4 aliphatic rings. The van der Waals surface area contributed by atoms with Crippen molar-refractivity contribution in [2.45, 2.75) is 90.2 Å². The SMILES string of the molecule is CCCCC(=O)OCC(=O)[C@H]1[C@H](C)C[C@H]2[C@@H]3C[C@H](F)C4=CC(=O)C=C[C@]4(C)[C@@]3(F)[C@@H](O)C[C@@]21C.NC(CS)C(=O)O. The van der Waals surface area contributed by atoms with Crippen molar-refractivity contribution >= 4 is 36.1 Å². The monoisotopic (exact) mass is 599 g/mol. The number of unbranched alkanes of at least 4 members (excludes halogenated alkanes) is 1. The number of halogens is 2. The molecule has 4 aliphatic carbocycles. The lowest BCUT2D eigenvalue weighted by atomic mass is 9.45. The standard InChI is InChI=1S/C27H36F2O5.C3H7NO2S/c1-5-6-7-23(33)34-14-21(31)24-15(2)10-17-18-12-20(28)19-11-16(30)8-9-26(19,4)27(18,29)22(32)13-25(17,24)3;4-2(1-7)3(5)6/h8-9,11,15,17-18,20,22,24,32H,5-7,10,12-14H2,1-4H3;2,7H,1,4H2,(H,5,6)/t15-,17+,18+,20+,22+,24-,25+,26+,27+;/m1./s1. The number of ketones is 2. The number of nitrogens with two attached hydrogens (primary N) is 1. The lowest BCUT2D eigenvalue weighted by Crippen LogP contribution is -2.68. The van der Waals surface area contributed by atoms with Crippen LogP contribution in [-0.4, -0.2) is 70.1 Å². The number of alkyl halides is 2. The molecule has 4 N–H and O–H groups in total. The number of carboxylic acids is 1. The van der Waals surface area contributed by atoms with Gasteiger partial charge >= 0.3 is 11.9 Å². The third-order valence-corrected chi connectivity index (χ3v) is 10.3.